The highest BCUT2D eigenvalue weighted by Crippen LogP contribution is 2.25. The van der Waals surface area contributed by atoms with E-state index in [1.807, 2.05) is 0 Å². The second-order valence-corrected chi connectivity index (χ2v) is 4.96. The highest BCUT2D eigenvalue weighted by Gasteiger charge is 2.17. The quantitative estimate of drug-likeness (QED) is 0.703. The van der Waals surface area contributed by atoms with Gasteiger partial charge < -0.3 is 5.32 Å². The molecular formula is C12H23N. The lowest BCUT2D eigenvalue weighted by Crippen LogP contribution is -2.26. The van der Waals surface area contributed by atoms with Crippen molar-refractivity contribution in [1.29, 1.82) is 0 Å². The van der Waals surface area contributed by atoms with Crippen LogP contribution in [-0.4, -0.2) is 13.1 Å². The van der Waals surface area contributed by atoms with E-state index < -0.39 is 0 Å². The Hall–Kier alpha value is -0.0400. The lowest BCUT2D eigenvalue weighted by molar-refractivity contribution is 0.434. The fourth-order valence-electron chi connectivity index (χ4n) is 2.92. The van der Waals surface area contributed by atoms with Gasteiger partial charge in [0.15, 0.2) is 0 Å². The minimum absolute atomic E-state index is 1.02. The van der Waals surface area contributed by atoms with Crippen molar-refractivity contribution in [3.05, 3.63) is 0 Å². The second-order valence-electron chi connectivity index (χ2n) is 4.96. The highest BCUT2D eigenvalue weighted by atomic mass is 14.9. The lowest BCUT2D eigenvalue weighted by Gasteiger charge is -2.13. The van der Waals surface area contributed by atoms with Gasteiger partial charge in [-0.2, -0.15) is 0 Å². The Labute approximate surface area is 82.3 Å². The molecule has 0 unspecified atom stereocenters. The first kappa shape index (κ1) is 9.51. The molecule has 13 heavy (non-hydrogen) atoms. The molecule has 0 aromatic carbocycles. The summed E-state index contributed by atoms with van der Waals surface area (Å²) in [5.41, 5.74) is 0. The van der Waals surface area contributed by atoms with Gasteiger partial charge in [0.05, 0.1) is 0 Å². The molecule has 1 N–H and O–H groups in total. The van der Waals surface area contributed by atoms with E-state index in [1.165, 1.54) is 64.5 Å². The highest BCUT2D eigenvalue weighted by molar-refractivity contribution is 4.73. The normalized spacial score (nSPS) is 25.8. The van der Waals surface area contributed by atoms with Crippen molar-refractivity contribution in [3.8, 4) is 0 Å². The molecule has 0 amide bonds. The van der Waals surface area contributed by atoms with Gasteiger partial charge in [-0.3, -0.25) is 0 Å². The molecule has 2 saturated carbocycles. The van der Waals surface area contributed by atoms with E-state index in [1.54, 1.807) is 0 Å². The van der Waals surface area contributed by atoms with Gasteiger partial charge in [0, 0.05) is 0 Å². The predicted molar refractivity (Wildman–Crippen MR) is 56.8 cm³/mol. The number of hydrogen-bond acceptors (Lipinski definition) is 1. The van der Waals surface area contributed by atoms with Crippen LogP contribution in [0.3, 0.4) is 0 Å². The SMILES string of the molecule is C1CCC(CNCC2CCCC2)C1. The molecule has 1 nitrogen and oxygen atoms in total. The van der Waals surface area contributed by atoms with Crippen LogP contribution >= 0.6 is 0 Å². The monoisotopic (exact) mass is 181 g/mol. The molecule has 0 saturated heterocycles. The smallest absolute Gasteiger partial charge is 0.00204 e. The Morgan fingerprint density at radius 1 is 0.692 bits per heavy atom. The van der Waals surface area contributed by atoms with Crippen LogP contribution in [-0.2, 0) is 0 Å². The van der Waals surface area contributed by atoms with Gasteiger partial charge in [-0.25, -0.2) is 0 Å². The average molecular weight is 181 g/mol. The summed E-state index contributed by atoms with van der Waals surface area (Å²) in [6, 6.07) is 0. The van der Waals surface area contributed by atoms with Crippen LogP contribution in [0.1, 0.15) is 51.4 Å². The van der Waals surface area contributed by atoms with Gasteiger partial charge in [0.2, 0.25) is 0 Å². The van der Waals surface area contributed by atoms with Gasteiger partial charge in [0.25, 0.3) is 0 Å². The number of hydrogen-bond donors (Lipinski definition) is 1. The Morgan fingerprint density at radius 3 is 1.46 bits per heavy atom. The van der Waals surface area contributed by atoms with Crippen molar-refractivity contribution >= 4 is 0 Å². The van der Waals surface area contributed by atoms with Crippen molar-refractivity contribution in [2.75, 3.05) is 13.1 Å². The van der Waals surface area contributed by atoms with E-state index in [9.17, 15) is 0 Å². The van der Waals surface area contributed by atoms with Crippen molar-refractivity contribution in [1.82, 2.24) is 5.32 Å². The second kappa shape index (κ2) is 4.99. The minimum atomic E-state index is 1.02. The topological polar surface area (TPSA) is 12.0 Å². The van der Waals surface area contributed by atoms with Gasteiger partial charge in [-0.1, -0.05) is 25.7 Å². The standard InChI is InChI=1S/C12H23N/c1-2-6-11(5-1)9-13-10-12-7-3-4-8-12/h11-13H,1-10H2. The fraction of sp³-hybridized carbons (Fsp3) is 1.00. The summed E-state index contributed by atoms with van der Waals surface area (Å²) in [6.45, 7) is 2.60. The fourth-order valence-corrected chi connectivity index (χ4v) is 2.92. The van der Waals surface area contributed by atoms with E-state index in [2.05, 4.69) is 5.32 Å². The summed E-state index contributed by atoms with van der Waals surface area (Å²) in [5, 5.41) is 3.67. The van der Waals surface area contributed by atoms with Gasteiger partial charge in [0.1, 0.15) is 0 Å². The Bertz CT molecular complexity index is 116. The van der Waals surface area contributed by atoms with Gasteiger partial charge in [-0.15, -0.1) is 0 Å². The van der Waals surface area contributed by atoms with E-state index in [0.29, 0.717) is 0 Å². The molecule has 0 aliphatic heterocycles. The summed E-state index contributed by atoms with van der Waals surface area (Å²) in [4.78, 5) is 0. The Balaban J connectivity index is 1.52. The molecule has 2 fully saturated rings. The van der Waals surface area contributed by atoms with Crippen molar-refractivity contribution in [2.45, 2.75) is 51.4 Å². The zero-order valence-electron chi connectivity index (χ0n) is 8.73. The predicted octanol–water partition coefficient (Wildman–Crippen LogP) is 2.96. The van der Waals surface area contributed by atoms with Crippen LogP contribution in [0, 0.1) is 11.8 Å². The summed E-state index contributed by atoms with van der Waals surface area (Å²) in [7, 11) is 0. The number of rotatable bonds is 4. The van der Waals surface area contributed by atoms with Crippen LogP contribution in [0.4, 0.5) is 0 Å². The van der Waals surface area contributed by atoms with E-state index in [-0.39, 0.29) is 0 Å². The molecule has 0 spiro atoms. The molecule has 0 bridgehead atoms. The maximum absolute atomic E-state index is 3.67. The molecule has 76 valence electrons. The molecule has 0 aromatic rings. The summed E-state index contributed by atoms with van der Waals surface area (Å²) in [6.07, 6.45) is 11.9. The Kier molecular flexibility index (Phi) is 3.65. The van der Waals surface area contributed by atoms with E-state index in [4.69, 9.17) is 0 Å². The molecule has 0 heterocycles. The molecule has 0 aromatic heterocycles. The molecular weight excluding hydrogens is 158 g/mol. The molecule has 2 rings (SSSR count). The lowest BCUT2D eigenvalue weighted by atomic mass is 10.1. The average Bonchev–Trinajstić information content (AvgIpc) is 2.75. The zero-order chi connectivity index (χ0) is 8.93. The summed E-state index contributed by atoms with van der Waals surface area (Å²) in [5.74, 6) is 2.03. The van der Waals surface area contributed by atoms with E-state index >= 15 is 0 Å². The summed E-state index contributed by atoms with van der Waals surface area (Å²) < 4.78 is 0. The van der Waals surface area contributed by atoms with Crippen molar-refractivity contribution in [2.24, 2.45) is 11.8 Å². The van der Waals surface area contributed by atoms with Crippen LogP contribution in [0.5, 0.6) is 0 Å². The minimum Gasteiger partial charge on any atom is -0.316 e. The zero-order valence-corrected chi connectivity index (χ0v) is 8.73. The van der Waals surface area contributed by atoms with Crippen LogP contribution in [0.2, 0.25) is 0 Å². The third-order valence-corrected chi connectivity index (χ3v) is 3.82. The van der Waals surface area contributed by atoms with Crippen LogP contribution < -0.4 is 5.32 Å². The largest absolute Gasteiger partial charge is 0.316 e. The van der Waals surface area contributed by atoms with Crippen LogP contribution in [0.15, 0.2) is 0 Å². The van der Waals surface area contributed by atoms with Crippen molar-refractivity contribution in [3.63, 3.8) is 0 Å². The van der Waals surface area contributed by atoms with Crippen molar-refractivity contribution < 1.29 is 0 Å². The Morgan fingerprint density at radius 2 is 1.08 bits per heavy atom. The first-order valence-corrected chi connectivity index (χ1v) is 6.16. The first-order chi connectivity index (χ1) is 6.45. The maximum Gasteiger partial charge on any atom is -0.00204 e. The van der Waals surface area contributed by atoms with Crippen LogP contribution in [0.25, 0.3) is 0 Å². The molecule has 2 aliphatic carbocycles. The number of nitrogens with one attached hydrogen (secondary N) is 1. The van der Waals surface area contributed by atoms with Gasteiger partial charge in [-0.05, 0) is 50.6 Å². The molecule has 2 aliphatic rings. The molecule has 1 heteroatoms. The summed E-state index contributed by atoms with van der Waals surface area (Å²) >= 11 is 0. The third-order valence-electron chi connectivity index (χ3n) is 3.82. The molecule has 0 atom stereocenters. The maximum atomic E-state index is 3.67. The van der Waals surface area contributed by atoms with Gasteiger partial charge >= 0.3 is 0 Å². The third kappa shape index (κ3) is 2.98. The first-order valence-electron chi connectivity index (χ1n) is 6.16. The molecule has 0 radical (unpaired) electrons. The van der Waals surface area contributed by atoms with E-state index in [0.717, 1.165) is 11.8 Å².